The molecule has 0 atom stereocenters. The highest BCUT2D eigenvalue weighted by Gasteiger charge is 2.20. The maximum Gasteiger partial charge on any atom is 0.136 e. The monoisotopic (exact) mass is 795 g/mol. The number of thiophene rings is 1. The molecule has 2 aromatic heterocycles. The third kappa shape index (κ3) is 6.09. The van der Waals surface area contributed by atoms with Crippen LogP contribution < -0.4 is 4.90 Å². The number of hydrogen-bond acceptors (Lipinski definition) is 3. The molecule has 12 rings (SSSR count). The Kier molecular flexibility index (Phi) is 8.39. The van der Waals surface area contributed by atoms with Gasteiger partial charge in [-0.3, -0.25) is 0 Å². The molecular formula is C58H37NOS. The third-order valence-corrected chi connectivity index (χ3v) is 13.3. The number of benzene rings is 10. The Morgan fingerprint density at radius 2 is 0.885 bits per heavy atom. The van der Waals surface area contributed by atoms with E-state index in [1.165, 1.54) is 58.8 Å². The van der Waals surface area contributed by atoms with Crippen molar-refractivity contribution in [1.82, 2.24) is 0 Å². The van der Waals surface area contributed by atoms with Gasteiger partial charge in [-0.2, -0.15) is 0 Å². The van der Waals surface area contributed by atoms with Gasteiger partial charge in [-0.15, -0.1) is 11.3 Å². The molecule has 0 amide bonds. The quantitative estimate of drug-likeness (QED) is 0.160. The molecule has 0 aliphatic rings. The van der Waals surface area contributed by atoms with Gasteiger partial charge in [0.25, 0.3) is 0 Å². The average molecular weight is 796 g/mol. The fraction of sp³-hybridized carbons (Fsp3) is 0. The maximum atomic E-state index is 6.42. The first-order valence-corrected chi connectivity index (χ1v) is 21.6. The molecule has 61 heavy (non-hydrogen) atoms. The second-order valence-corrected chi connectivity index (χ2v) is 16.7. The summed E-state index contributed by atoms with van der Waals surface area (Å²) in [5, 5.41) is 7.34. The van der Waals surface area contributed by atoms with E-state index >= 15 is 0 Å². The Hall–Kier alpha value is -7.72. The molecular weight excluding hydrogens is 759 g/mol. The smallest absolute Gasteiger partial charge is 0.136 e. The van der Waals surface area contributed by atoms with Crippen LogP contribution in [0.4, 0.5) is 17.1 Å². The number of fused-ring (bicyclic) bond motifs is 7. The van der Waals surface area contributed by atoms with E-state index in [0.29, 0.717) is 0 Å². The summed E-state index contributed by atoms with van der Waals surface area (Å²) < 4.78 is 9.06. The first-order chi connectivity index (χ1) is 30.2. The number of furan rings is 1. The average Bonchev–Trinajstić information content (AvgIpc) is 3.90. The number of para-hydroxylation sites is 2. The third-order valence-electron chi connectivity index (χ3n) is 12.1. The van der Waals surface area contributed by atoms with Crippen molar-refractivity contribution in [1.29, 1.82) is 0 Å². The summed E-state index contributed by atoms with van der Waals surface area (Å²) in [5.74, 6) is 0. The second kappa shape index (κ2) is 14.5. The standard InChI is InChI=1S/C58H37NOS/c1-2-22-46-38(14-1)15-12-26-47(46)42-19-11-21-45(36-42)59(54-29-6-3-23-48(54)43-32-33-51-50-24-4-7-30-55(50)60-56(51)37-43)44-20-10-17-40(35-44)39-16-9-18-41(34-39)49-27-13-28-53-52-25-5-8-31-57(52)61-58(49)53/h1-37H. The van der Waals surface area contributed by atoms with Crippen LogP contribution in [-0.2, 0) is 0 Å². The van der Waals surface area contributed by atoms with E-state index in [-0.39, 0.29) is 0 Å². The highest BCUT2D eigenvalue weighted by atomic mass is 32.1. The van der Waals surface area contributed by atoms with Crippen LogP contribution in [0, 0.1) is 0 Å². The van der Waals surface area contributed by atoms with Gasteiger partial charge in [0.15, 0.2) is 0 Å². The summed E-state index contributed by atoms with van der Waals surface area (Å²) in [4.78, 5) is 2.41. The van der Waals surface area contributed by atoms with E-state index in [0.717, 1.165) is 55.7 Å². The van der Waals surface area contributed by atoms with Crippen molar-refractivity contribution in [3.63, 3.8) is 0 Å². The Bertz CT molecular complexity index is 3620. The predicted octanol–water partition coefficient (Wildman–Crippen LogP) is 17.2. The van der Waals surface area contributed by atoms with Crippen molar-refractivity contribution in [3.8, 4) is 44.5 Å². The summed E-state index contributed by atoms with van der Waals surface area (Å²) in [5.41, 5.74) is 14.4. The van der Waals surface area contributed by atoms with Gasteiger partial charge in [0.2, 0.25) is 0 Å². The fourth-order valence-corrected chi connectivity index (χ4v) is 10.4. The molecule has 2 nitrogen and oxygen atoms in total. The topological polar surface area (TPSA) is 16.4 Å². The van der Waals surface area contributed by atoms with Crippen molar-refractivity contribution >= 4 is 81.3 Å². The van der Waals surface area contributed by atoms with Crippen LogP contribution in [0.5, 0.6) is 0 Å². The maximum absolute atomic E-state index is 6.42. The molecule has 0 bridgehead atoms. The molecule has 0 saturated heterocycles. The molecule has 0 spiro atoms. The highest BCUT2D eigenvalue weighted by Crippen LogP contribution is 2.45. The molecule has 3 heteroatoms. The molecule has 2 heterocycles. The normalized spacial score (nSPS) is 11.6. The van der Waals surface area contributed by atoms with Crippen molar-refractivity contribution in [2.45, 2.75) is 0 Å². The first-order valence-electron chi connectivity index (χ1n) is 20.7. The van der Waals surface area contributed by atoms with E-state index in [1.54, 1.807) is 0 Å². The first kappa shape index (κ1) is 35.2. The molecule has 0 unspecified atom stereocenters. The van der Waals surface area contributed by atoms with Gasteiger partial charge in [-0.1, -0.05) is 164 Å². The highest BCUT2D eigenvalue weighted by molar-refractivity contribution is 7.26. The Morgan fingerprint density at radius 3 is 1.77 bits per heavy atom. The van der Waals surface area contributed by atoms with Gasteiger partial charge in [-0.05, 0) is 110 Å². The van der Waals surface area contributed by atoms with Crippen LogP contribution in [-0.4, -0.2) is 0 Å². The van der Waals surface area contributed by atoms with E-state index in [1.807, 2.05) is 23.5 Å². The van der Waals surface area contributed by atoms with E-state index in [4.69, 9.17) is 4.42 Å². The largest absolute Gasteiger partial charge is 0.456 e. The summed E-state index contributed by atoms with van der Waals surface area (Å²) in [6.07, 6.45) is 0. The SMILES string of the molecule is c1cc(-c2cccc(N(c3cccc(-c4cccc5ccccc45)c3)c3ccccc3-c3ccc4c(c3)oc3ccccc34)c2)cc(-c2cccc3c2sc2ccccc23)c1. The minimum Gasteiger partial charge on any atom is -0.456 e. The van der Waals surface area contributed by atoms with Crippen LogP contribution in [0.15, 0.2) is 229 Å². The van der Waals surface area contributed by atoms with Crippen molar-refractivity contribution in [3.05, 3.63) is 224 Å². The molecule has 0 N–H and O–H groups in total. The summed E-state index contributed by atoms with van der Waals surface area (Å²) >= 11 is 1.87. The molecule has 0 fully saturated rings. The molecule has 10 aromatic carbocycles. The zero-order valence-electron chi connectivity index (χ0n) is 33.1. The van der Waals surface area contributed by atoms with Crippen LogP contribution in [0.2, 0.25) is 0 Å². The van der Waals surface area contributed by atoms with Gasteiger partial charge in [0.05, 0.1) is 5.69 Å². The van der Waals surface area contributed by atoms with Crippen LogP contribution in [0.3, 0.4) is 0 Å². The zero-order valence-corrected chi connectivity index (χ0v) is 33.9. The van der Waals surface area contributed by atoms with Crippen LogP contribution in [0.1, 0.15) is 0 Å². The van der Waals surface area contributed by atoms with Crippen molar-refractivity contribution < 1.29 is 4.42 Å². The molecule has 286 valence electrons. The van der Waals surface area contributed by atoms with Crippen LogP contribution in [0.25, 0.3) is 97.4 Å². The molecule has 12 aromatic rings. The Labute approximate surface area is 357 Å². The summed E-state index contributed by atoms with van der Waals surface area (Å²) in [6.45, 7) is 0. The minimum absolute atomic E-state index is 0.881. The fourth-order valence-electron chi connectivity index (χ4n) is 9.19. The number of rotatable bonds is 7. The van der Waals surface area contributed by atoms with E-state index in [9.17, 15) is 0 Å². The minimum atomic E-state index is 0.881. The number of hydrogen-bond donors (Lipinski definition) is 0. The number of anilines is 3. The lowest BCUT2D eigenvalue weighted by Gasteiger charge is -2.29. The van der Waals surface area contributed by atoms with Crippen molar-refractivity contribution in [2.24, 2.45) is 0 Å². The summed E-state index contributed by atoms with van der Waals surface area (Å²) in [7, 11) is 0. The lowest BCUT2D eigenvalue weighted by Crippen LogP contribution is -2.11. The molecule has 0 aliphatic heterocycles. The second-order valence-electron chi connectivity index (χ2n) is 15.7. The van der Waals surface area contributed by atoms with Crippen LogP contribution >= 0.6 is 11.3 Å². The van der Waals surface area contributed by atoms with Gasteiger partial charge >= 0.3 is 0 Å². The summed E-state index contributed by atoms with van der Waals surface area (Å²) in [6, 6.07) is 81.3. The van der Waals surface area contributed by atoms with Gasteiger partial charge < -0.3 is 9.32 Å². The molecule has 0 saturated carbocycles. The zero-order chi connectivity index (χ0) is 40.3. The number of nitrogens with zero attached hydrogens (tertiary/aromatic N) is 1. The van der Waals surface area contributed by atoms with Crippen molar-refractivity contribution in [2.75, 3.05) is 4.90 Å². The van der Waals surface area contributed by atoms with E-state index in [2.05, 4.69) is 217 Å². The molecule has 0 radical (unpaired) electrons. The predicted molar refractivity (Wildman–Crippen MR) is 261 cm³/mol. The lowest BCUT2D eigenvalue weighted by molar-refractivity contribution is 0.669. The van der Waals surface area contributed by atoms with Gasteiger partial charge in [0.1, 0.15) is 11.2 Å². The Morgan fingerprint density at radius 1 is 0.328 bits per heavy atom. The van der Waals surface area contributed by atoms with Gasteiger partial charge in [-0.25, -0.2) is 0 Å². The lowest BCUT2D eigenvalue weighted by atomic mass is 9.96. The molecule has 0 aliphatic carbocycles. The van der Waals surface area contributed by atoms with Gasteiger partial charge in [0, 0.05) is 47.9 Å². The van der Waals surface area contributed by atoms with E-state index < -0.39 is 0 Å². The Balaban J connectivity index is 1.02.